The number of aromatic nitrogens is 2. The van der Waals surface area contributed by atoms with Crippen molar-refractivity contribution in [1.29, 1.82) is 0 Å². The monoisotopic (exact) mass is 399 g/mol. The summed E-state index contributed by atoms with van der Waals surface area (Å²) in [6, 6.07) is 12.3. The lowest BCUT2D eigenvalue weighted by Crippen LogP contribution is -2.30. The van der Waals surface area contributed by atoms with Crippen LogP contribution in [0.2, 0.25) is 0 Å². The maximum absolute atomic E-state index is 13.6. The summed E-state index contributed by atoms with van der Waals surface area (Å²) in [6.07, 6.45) is 2.80. The van der Waals surface area contributed by atoms with Gasteiger partial charge in [-0.25, -0.2) is 13.5 Å². The van der Waals surface area contributed by atoms with E-state index in [0.717, 1.165) is 23.4 Å². The molecule has 1 amide bonds. The van der Waals surface area contributed by atoms with Gasteiger partial charge in [0.1, 0.15) is 11.6 Å². The molecule has 2 aromatic carbocycles. The number of nitrogens with one attached hydrogen (secondary N) is 1. The summed E-state index contributed by atoms with van der Waals surface area (Å²) in [5, 5.41) is 6.52. The number of rotatable bonds is 7. The summed E-state index contributed by atoms with van der Waals surface area (Å²) in [6.45, 7) is 1.38. The topological polar surface area (TPSA) is 73.2 Å². The van der Waals surface area contributed by atoms with Gasteiger partial charge in [0.25, 0.3) is 5.91 Å². The van der Waals surface area contributed by atoms with Crippen molar-refractivity contribution in [2.24, 2.45) is 0 Å². The predicted octanol–water partition coefficient (Wildman–Crippen LogP) is 3.65. The number of hydrogen-bond donors (Lipinski definition) is 1. The van der Waals surface area contributed by atoms with Crippen LogP contribution in [0.3, 0.4) is 0 Å². The summed E-state index contributed by atoms with van der Waals surface area (Å²) >= 11 is 0. The van der Waals surface area contributed by atoms with E-state index in [4.69, 9.17) is 4.74 Å². The third-order valence-corrected chi connectivity index (χ3v) is 4.14. The fourth-order valence-corrected chi connectivity index (χ4v) is 2.59. The molecule has 0 fully saturated rings. The van der Waals surface area contributed by atoms with Crippen LogP contribution in [0.25, 0.3) is 5.69 Å². The molecule has 1 atom stereocenters. The van der Waals surface area contributed by atoms with Crippen molar-refractivity contribution in [2.75, 3.05) is 5.32 Å². The normalized spacial score (nSPS) is 11.7. The van der Waals surface area contributed by atoms with E-state index in [2.05, 4.69) is 10.4 Å². The van der Waals surface area contributed by atoms with Crippen molar-refractivity contribution in [3.05, 3.63) is 78.1 Å². The number of halogens is 2. The standard InChI is InChI=1S/C21H19F2N3O3/c1-14(21(28)25-19-9-8-16(22)11-18(19)23)29-20(27)10-7-15-12-24-26(13-15)17-5-3-2-4-6-17/h2-6,8-9,11-14H,7,10H2,1H3,(H,25,28). The van der Waals surface area contributed by atoms with Gasteiger partial charge in [0.15, 0.2) is 6.10 Å². The number of amides is 1. The SMILES string of the molecule is CC(OC(=O)CCc1cnn(-c2ccccc2)c1)C(=O)Nc1ccc(F)cc1F. The molecule has 1 heterocycles. The van der Waals surface area contributed by atoms with Gasteiger partial charge >= 0.3 is 5.97 Å². The summed E-state index contributed by atoms with van der Waals surface area (Å²) in [5.74, 6) is -2.94. The van der Waals surface area contributed by atoms with Gasteiger partial charge in [0, 0.05) is 18.7 Å². The van der Waals surface area contributed by atoms with Crippen molar-refractivity contribution in [1.82, 2.24) is 9.78 Å². The largest absolute Gasteiger partial charge is 0.453 e. The number of para-hydroxylation sites is 1. The zero-order chi connectivity index (χ0) is 20.8. The molecule has 1 N–H and O–H groups in total. The van der Waals surface area contributed by atoms with E-state index >= 15 is 0 Å². The first kappa shape index (κ1) is 20.2. The molecule has 0 saturated carbocycles. The van der Waals surface area contributed by atoms with Crippen LogP contribution >= 0.6 is 0 Å². The van der Waals surface area contributed by atoms with Crippen LogP contribution in [0.5, 0.6) is 0 Å². The zero-order valence-electron chi connectivity index (χ0n) is 15.6. The van der Waals surface area contributed by atoms with Crippen LogP contribution in [0.1, 0.15) is 18.9 Å². The Balaban J connectivity index is 1.49. The molecule has 0 spiro atoms. The maximum Gasteiger partial charge on any atom is 0.306 e. The number of carbonyl (C=O) groups is 2. The maximum atomic E-state index is 13.6. The number of nitrogens with zero attached hydrogens (tertiary/aromatic N) is 2. The molecular weight excluding hydrogens is 380 g/mol. The number of carbonyl (C=O) groups excluding carboxylic acids is 2. The average molecular weight is 399 g/mol. The van der Waals surface area contributed by atoms with Gasteiger partial charge < -0.3 is 10.1 Å². The molecule has 6 nitrogen and oxygen atoms in total. The minimum absolute atomic E-state index is 0.0585. The van der Waals surface area contributed by atoms with E-state index in [-0.39, 0.29) is 12.1 Å². The van der Waals surface area contributed by atoms with E-state index in [1.807, 2.05) is 36.5 Å². The van der Waals surface area contributed by atoms with Gasteiger partial charge in [0.05, 0.1) is 17.6 Å². The Morgan fingerprint density at radius 3 is 2.66 bits per heavy atom. The average Bonchev–Trinajstić information content (AvgIpc) is 3.18. The van der Waals surface area contributed by atoms with Crippen molar-refractivity contribution in [3.8, 4) is 5.69 Å². The van der Waals surface area contributed by atoms with Gasteiger partial charge in [-0.2, -0.15) is 5.10 Å². The first-order valence-corrected chi connectivity index (χ1v) is 8.97. The van der Waals surface area contributed by atoms with E-state index in [9.17, 15) is 18.4 Å². The Hall–Kier alpha value is -3.55. The highest BCUT2D eigenvalue weighted by molar-refractivity contribution is 5.95. The molecule has 0 aliphatic heterocycles. The summed E-state index contributed by atoms with van der Waals surface area (Å²) in [4.78, 5) is 24.1. The first-order chi connectivity index (χ1) is 13.9. The lowest BCUT2D eigenvalue weighted by atomic mass is 10.2. The van der Waals surface area contributed by atoms with Crippen LogP contribution in [0.15, 0.2) is 60.9 Å². The van der Waals surface area contributed by atoms with Crippen LogP contribution in [0.4, 0.5) is 14.5 Å². The molecular formula is C21H19F2N3O3. The highest BCUT2D eigenvalue weighted by atomic mass is 19.1. The van der Waals surface area contributed by atoms with E-state index < -0.39 is 29.6 Å². The molecule has 29 heavy (non-hydrogen) atoms. The number of ether oxygens (including phenoxy) is 1. The number of anilines is 1. The van der Waals surface area contributed by atoms with Crippen molar-refractivity contribution >= 4 is 17.6 Å². The summed E-state index contributed by atoms with van der Waals surface area (Å²) in [5.41, 5.74) is 1.56. The number of aryl methyl sites for hydroxylation is 1. The fraction of sp³-hybridized carbons (Fsp3) is 0.190. The second-order valence-electron chi connectivity index (χ2n) is 6.37. The van der Waals surface area contributed by atoms with Crippen LogP contribution in [0, 0.1) is 11.6 Å². The molecule has 0 aliphatic rings. The minimum Gasteiger partial charge on any atom is -0.453 e. The zero-order valence-corrected chi connectivity index (χ0v) is 15.6. The molecule has 3 aromatic rings. The van der Waals surface area contributed by atoms with Gasteiger partial charge in [-0.15, -0.1) is 0 Å². The van der Waals surface area contributed by atoms with Crippen LogP contribution in [-0.4, -0.2) is 27.8 Å². The third-order valence-electron chi connectivity index (χ3n) is 4.14. The third kappa shape index (κ3) is 5.47. The van der Waals surface area contributed by atoms with Gasteiger partial charge in [0.2, 0.25) is 0 Å². The highest BCUT2D eigenvalue weighted by Crippen LogP contribution is 2.16. The van der Waals surface area contributed by atoms with E-state index in [0.29, 0.717) is 12.5 Å². The van der Waals surface area contributed by atoms with Gasteiger partial charge in [-0.05, 0) is 43.2 Å². The van der Waals surface area contributed by atoms with Crippen molar-refractivity contribution in [2.45, 2.75) is 25.9 Å². The Labute approximate surface area is 166 Å². The molecule has 0 bridgehead atoms. The fourth-order valence-electron chi connectivity index (χ4n) is 2.59. The second-order valence-corrected chi connectivity index (χ2v) is 6.37. The highest BCUT2D eigenvalue weighted by Gasteiger charge is 2.19. The number of benzene rings is 2. The molecule has 0 aliphatic carbocycles. The predicted molar refractivity (Wildman–Crippen MR) is 102 cm³/mol. The molecule has 8 heteroatoms. The molecule has 0 radical (unpaired) electrons. The van der Waals surface area contributed by atoms with Crippen LogP contribution < -0.4 is 5.32 Å². The van der Waals surface area contributed by atoms with Crippen molar-refractivity contribution in [3.63, 3.8) is 0 Å². The lowest BCUT2D eigenvalue weighted by Gasteiger charge is -2.13. The van der Waals surface area contributed by atoms with Crippen molar-refractivity contribution < 1.29 is 23.1 Å². The smallest absolute Gasteiger partial charge is 0.306 e. The van der Waals surface area contributed by atoms with Gasteiger partial charge in [-0.1, -0.05) is 18.2 Å². The first-order valence-electron chi connectivity index (χ1n) is 8.97. The Morgan fingerprint density at radius 1 is 1.17 bits per heavy atom. The molecule has 0 saturated heterocycles. The number of hydrogen-bond acceptors (Lipinski definition) is 4. The molecule has 150 valence electrons. The Bertz CT molecular complexity index is 1010. The van der Waals surface area contributed by atoms with E-state index in [1.54, 1.807) is 10.9 Å². The quantitative estimate of drug-likeness (QED) is 0.616. The second kappa shape index (κ2) is 9.09. The lowest BCUT2D eigenvalue weighted by molar-refractivity contribution is -0.153. The minimum atomic E-state index is -1.13. The summed E-state index contributed by atoms with van der Waals surface area (Å²) in [7, 11) is 0. The van der Waals surface area contributed by atoms with Crippen LogP contribution in [-0.2, 0) is 20.7 Å². The molecule has 1 aromatic heterocycles. The Kier molecular flexibility index (Phi) is 6.33. The van der Waals surface area contributed by atoms with Gasteiger partial charge in [-0.3, -0.25) is 9.59 Å². The molecule has 3 rings (SSSR count). The Morgan fingerprint density at radius 2 is 1.93 bits per heavy atom. The van der Waals surface area contributed by atoms with E-state index in [1.165, 1.54) is 6.92 Å². The molecule has 1 unspecified atom stereocenters. The summed E-state index contributed by atoms with van der Waals surface area (Å²) < 4.78 is 33.3. The number of esters is 1.